The van der Waals surface area contributed by atoms with Crippen molar-refractivity contribution >= 4 is 15.4 Å². The molecule has 0 radical (unpaired) electrons. The molecule has 1 saturated heterocycles. The number of fused-ring (bicyclic) bond motifs is 2. The summed E-state index contributed by atoms with van der Waals surface area (Å²) in [5.74, 6) is 0.193. The highest BCUT2D eigenvalue weighted by atomic mass is 32.2. The standard InChI is InChI=1S/C29H32N2O2S/c1-2-19-34(32,33)26-12-13-27-25(20-26)11-10-24-9-6-16-30-29(24)28(27)23-14-17-31(18-15-23)21-22-7-4-3-5-8-22/h3-9,12-13,16,20H,2,10-11,14-15,17-19,21H2,1H3. The van der Waals surface area contributed by atoms with E-state index in [0.29, 0.717) is 11.3 Å². The molecule has 3 aromatic rings. The Hall–Kier alpha value is -2.76. The SMILES string of the molecule is CCCS(=O)(=O)c1ccc2c(c1)CCc1cccnc1C2=C1CCN(Cc2ccccc2)CC1. The summed E-state index contributed by atoms with van der Waals surface area (Å²) in [6.07, 6.45) is 6.24. The number of hydrogen-bond donors (Lipinski definition) is 0. The summed E-state index contributed by atoms with van der Waals surface area (Å²) >= 11 is 0. The van der Waals surface area contributed by atoms with Crippen molar-refractivity contribution in [1.29, 1.82) is 0 Å². The van der Waals surface area contributed by atoms with E-state index in [1.54, 1.807) is 0 Å². The molecule has 1 aromatic heterocycles. The maximum atomic E-state index is 12.8. The number of piperidine rings is 1. The van der Waals surface area contributed by atoms with Gasteiger partial charge in [-0.1, -0.05) is 55.0 Å². The van der Waals surface area contributed by atoms with Crippen molar-refractivity contribution in [2.24, 2.45) is 0 Å². The molecule has 0 spiro atoms. The predicted molar refractivity (Wildman–Crippen MR) is 137 cm³/mol. The number of rotatable bonds is 5. The van der Waals surface area contributed by atoms with Crippen LogP contribution in [0.2, 0.25) is 0 Å². The van der Waals surface area contributed by atoms with Crippen LogP contribution in [0.3, 0.4) is 0 Å². The van der Waals surface area contributed by atoms with E-state index in [2.05, 4.69) is 41.3 Å². The van der Waals surface area contributed by atoms with Gasteiger partial charge >= 0.3 is 0 Å². The van der Waals surface area contributed by atoms with Crippen LogP contribution in [-0.4, -0.2) is 37.1 Å². The predicted octanol–water partition coefficient (Wildman–Crippen LogP) is 5.46. The minimum atomic E-state index is -3.24. The average molecular weight is 473 g/mol. The highest BCUT2D eigenvalue weighted by molar-refractivity contribution is 7.91. The normalized spacial score (nSPS) is 16.6. The van der Waals surface area contributed by atoms with Crippen LogP contribution in [-0.2, 0) is 29.2 Å². The van der Waals surface area contributed by atoms with Crippen molar-refractivity contribution in [2.75, 3.05) is 18.8 Å². The molecule has 1 fully saturated rings. The number of likely N-dealkylation sites (tertiary alicyclic amines) is 1. The molecule has 2 aromatic carbocycles. The second kappa shape index (κ2) is 9.85. The molecule has 0 bridgehead atoms. The Morgan fingerprint density at radius 2 is 1.65 bits per heavy atom. The maximum absolute atomic E-state index is 12.8. The number of sulfone groups is 1. The Kier molecular flexibility index (Phi) is 6.66. The first-order valence-corrected chi connectivity index (χ1v) is 14.0. The molecule has 0 amide bonds. The molecule has 1 aliphatic carbocycles. The quantitative estimate of drug-likeness (QED) is 0.495. The Bertz CT molecular complexity index is 1300. The zero-order chi connectivity index (χ0) is 23.5. The molecule has 1 aliphatic heterocycles. The molecule has 0 atom stereocenters. The molecule has 2 heterocycles. The summed E-state index contributed by atoms with van der Waals surface area (Å²) in [5.41, 5.74) is 8.66. The average Bonchev–Trinajstić information content (AvgIpc) is 3.02. The fraction of sp³-hybridized carbons (Fsp3) is 0.345. The first-order valence-electron chi connectivity index (χ1n) is 12.3. The molecule has 5 rings (SSSR count). The lowest BCUT2D eigenvalue weighted by Crippen LogP contribution is -2.30. The van der Waals surface area contributed by atoms with E-state index in [4.69, 9.17) is 4.98 Å². The van der Waals surface area contributed by atoms with Gasteiger partial charge in [0.15, 0.2) is 9.84 Å². The first-order chi connectivity index (χ1) is 16.5. The Morgan fingerprint density at radius 1 is 0.882 bits per heavy atom. The minimum Gasteiger partial charge on any atom is -0.298 e. The van der Waals surface area contributed by atoms with Crippen LogP contribution in [0, 0.1) is 0 Å². The summed E-state index contributed by atoms with van der Waals surface area (Å²) in [5, 5.41) is 0. The maximum Gasteiger partial charge on any atom is 0.178 e. The van der Waals surface area contributed by atoms with Gasteiger partial charge in [-0.05, 0) is 72.6 Å². The Morgan fingerprint density at radius 3 is 2.41 bits per heavy atom. The summed E-state index contributed by atoms with van der Waals surface area (Å²) < 4.78 is 25.5. The lowest BCUT2D eigenvalue weighted by atomic mass is 9.88. The van der Waals surface area contributed by atoms with E-state index in [0.717, 1.165) is 56.6 Å². The molecule has 34 heavy (non-hydrogen) atoms. The molecule has 2 aliphatic rings. The van der Waals surface area contributed by atoms with Crippen LogP contribution in [0.5, 0.6) is 0 Å². The third kappa shape index (κ3) is 4.73. The van der Waals surface area contributed by atoms with Crippen molar-refractivity contribution in [1.82, 2.24) is 9.88 Å². The van der Waals surface area contributed by atoms with Gasteiger partial charge in [-0.3, -0.25) is 9.88 Å². The highest BCUT2D eigenvalue weighted by Crippen LogP contribution is 2.38. The number of pyridine rings is 1. The highest BCUT2D eigenvalue weighted by Gasteiger charge is 2.26. The lowest BCUT2D eigenvalue weighted by molar-refractivity contribution is 0.248. The molecule has 0 saturated carbocycles. The van der Waals surface area contributed by atoms with Crippen molar-refractivity contribution < 1.29 is 8.42 Å². The third-order valence-electron chi connectivity index (χ3n) is 7.03. The summed E-state index contributed by atoms with van der Waals surface area (Å²) in [7, 11) is -3.24. The monoisotopic (exact) mass is 472 g/mol. The molecule has 0 unspecified atom stereocenters. The van der Waals surface area contributed by atoms with Gasteiger partial charge in [-0.25, -0.2) is 8.42 Å². The fourth-order valence-electron chi connectivity index (χ4n) is 5.29. The van der Waals surface area contributed by atoms with Crippen LogP contribution in [0.15, 0.2) is 77.3 Å². The van der Waals surface area contributed by atoms with Gasteiger partial charge in [0.2, 0.25) is 0 Å². The van der Waals surface area contributed by atoms with Crippen LogP contribution in [0.4, 0.5) is 0 Å². The summed E-state index contributed by atoms with van der Waals surface area (Å²) in [6.45, 7) is 4.94. The van der Waals surface area contributed by atoms with E-state index in [9.17, 15) is 8.42 Å². The van der Waals surface area contributed by atoms with Crippen molar-refractivity contribution in [3.63, 3.8) is 0 Å². The van der Waals surface area contributed by atoms with Gasteiger partial charge < -0.3 is 0 Å². The fourth-order valence-corrected chi connectivity index (χ4v) is 6.66. The van der Waals surface area contributed by atoms with E-state index >= 15 is 0 Å². The minimum absolute atomic E-state index is 0.193. The van der Waals surface area contributed by atoms with Gasteiger partial charge in [-0.2, -0.15) is 0 Å². The van der Waals surface area contributed by atoms with Crippen LogP contribution < -0.4 is 0 Å². The topological polar surface area (TPSA) is 50.3 Å². The van der Waals surface area contributed by atoms with E-state index in [1.807, 2.05) is 37.4 Å². The van der Waals surface area contributed by atoms with Gasteiger partial charge in [0.1, 0.15) is 0 Å². The summed E-state index contributed by atoms with van der Waals surface area (Å²) in [4.78, 5) is 7.81. The number of aryl methyl sites for hydroxylation is 2. The molecule has 0 N–H and O–H groups in total. The van der Waals surface area contributed by atoms with E-state index in [-0.39, 0.29) is 5.75 Å². The van der Waals surface area contributed by atoms with Crippen molar-refractivity contribution in [2.45, 2.75) is 50.5 Å². The molecule has 5 heteroatoms. The van der Waals surface area contributed by atoms with E-state index < -0.39 is 9.84 Å². The third-order valence-corrected chi connectivity index (χ3v) is 8.95. The van der Waals surface area contributed by atoms with Crippen LogP contribution in [0.25, 0.3) is 5.57 Å². The van der Waals surface area contributed by atoms with Gasteiger partial charge in [-0.15, -0.1) is 0 Å². The first kappa shape index (κ1) is 23.0. The summed E-state index contributed by atoms with van der Waals surface area (Å²) in [6, 6.07) is 20.6. The zero-order valence-electron chi connectivity index (χ0n) is 19.8. The van der Waals surface area contributed by atoms with Crippen LogP contribution >= 0.6 is 0 Å². The van der Waals surface area contributed by atoms with Crippen molar-refractivity contribution in [3.05, 3.63) is 100 Å². The Labute approximate surface area is 203 Å². The van der Waals surface area contributed by atoms with Crippen molar-refractivity contribution in [3.8, 4) is 0 Å². The molecular weight excluding hydrogens is 440 g/mol. The molecule has 4 nitrogen and oxygen atoms in total. The number of nitrogens with zero attached hydrogens (tertiary/aromatic N) is 2. The van der Waals surface area contributed by atoms with Gasteiger partial charge in [0, 0.05) is 31.4 Å². The second-order valence-electron chi connectivity index (χ2n) is 9.39. The van der Waals surface area contributed by atoms with Gasteiger partial charge in [0.05, 0.1) is 16.3 Å². The zero-order valence-corrected chi connectivity index (χ0v) is 20.7. The number of hydrogen-bond acceptors (Lipinski definition) is 4. The smallest absolute Gasteiger partial charge is 0.178 e. The Balaban J connectivity index is 1.51. The molecular formula is C29H32N2O2S. The lowest BCUT2D eigenvalue weighted by Gasteiger charge is -2.30. The second-order valence-corrected chi connectivity index (χ2v) is 11.5. The molecule has 176 valence electrons. The number of aromatic nitrogens is 1. The largest absolute Gasteiger partial charge is 0.298 e. The van der Waals surface area contributed by atoms with Crippen LogP contribution in [0.1, 0.15) is 54.1 Å². The van der Waals surface area contributed by atoms with Gasteiger partial charge in [0.25, 0.3) is 0 Å². The number of benzene rings is 2. The van der Waals surface area contributed by atoms with E-state index in [1.165, 1.54) is 27.8 Å².